The number of aryl methyl sites for hydroxylation is 2. The summed E-state index contributed by atoms with van der Waals surface area (Å²) in [5.74, 6) is -0.417. The number of benzene rings is 5. The monoisotopic (exact) mass is 902 g/mol. The van der Waals surface area contributed by atoms with Crippen LogP contribution in [0.4, 0.5) is 11.4 Å². The Balaban J connectivity index is 0.931. The van der Waals surface area contributed by atoms with Gasteiger partial charge in [-0.3, -0.25) is 14.8 Å². The molecule has 63 heavy (non-hydrogen) atoms. The summed E-state index contributed by atoms with van der Waals surface area (Å²) >= 11 is 3.52. The first-order valence-electron chi connectivity index (χ1n) is 21.6. The van der Waals surface area contributed by atoms with E-state index < -0.39 is 22.1 Å². The van der Waals surface area contributed by atoms with E-state index >= 15 is 0 Å². The third-order valence-corrected chi connectivity index (χ3v) is 14.8. The van der Waals surface area contributed by atoms with Gasteiger partial charge in [-0.1, -0.05) is 91.1 Å². The lowest BCUT2D eigenvalue weighted by Gasteiger charge is -2.36. The predicted octanol–water partition coefficient (Wildman–Crippen LogP) is 8.82. The highest BCUT2D eigenvalue weighted by Gasteiger charge is 2.33. The minimum atomic E-state index is -4.07. The number of thiazole rings is 1. The second-order valence-electron chi connectivity index (χ2n) is 16.1. The molecule has 2 aliphatic heterocycles. The van der Waals surface area contributed by atoms with Crippen LogP contribution in [-0.4, -0.2) is 55.7 Å². The van der Waals surface area contributed by atoms with Crippen LogP contribution in [0.3, 0.4) is 0 Å². The summed E-state index contributed by atoms with van der Waals surface area (Å²) < 4.78 is 42.8. The van der Waals surface area contributed by atoms with Crippen LogP contribution in [0.5, 0.6) is 5.75 Å². The van der Waals surface area contributed by atoms with E-state index in [1.54, 1.807) is 23.1 Å². The minimum Gasteiger partial charge on any atom is -0.480 e. The summed E-state index contributed by atoms with van der Waals surface area (Å²) in [6.07, 6.45) is 8.10. The molecular weight excluding hydrogens is 849 g/mol. The van der Waals surface area contributed by atoms with E-state index in [0.717, 1.165) is 80.8 Å². The Morgan fingerprint density at radius 3 is 2.54 bits per heavy atom. The highest BCUT2D eigenvalue weighted by Crippen LogP contribution is 2.39. The highest BCUT2D eigenvalue weighted by atomic mass is 32.2. The summed E-state index contributed by atoms with van der Waals surface area (Å²) in [5.41, 5.74) is 10.0. The molecule has 6 aromatic rings. The fraction of sp³-hybridized carbons (Fsp3) is 0.280. The van der Waals surface area contributed by atoms with Gasteiger partial charge in [-0.05, 0) is 95.7 Å². The molecule has 13 heteroatoms. The minimum absolute atomic E-state index is 0.276. The Labute approximate surface area is 378 Å². The van der Waals surface area contributed by atoms with Gasteiger partial charge in [0.2, 0.25) is 5.52 Å². The topological polar surface area (TPSA) is 124 Å². The first kappa shape index (κ1) is 44.3. The number of thioether (sulfide) groups is 1. The van der Waals surface area contributed by atoms with Crippen molar-refractivity contribution in [3.8, 4) is 16.9 Å². The summed E-state index contributed by atoms with van der Waals surface area (Å²) in [4.78, 5) is 16.5. The number of rotatable bonds is 18. The molecule has 2 unspecified atom stereocenters. The molecule has 0 spiro atoms. The van der Waals surface area contributed by atoms with Crippen LogP contribution in [0.15, 0.2) is 137 Å². The number of anilines is 1. The number of carboxylic acid groups (broad SMARTS) is 1. The number of nitrogens with zero attached hydrogens (tertiary/aromatic N) is 2. The van der Waals surface area contributed by atoms with E-state index in [1.807, 2.05) is 65.6 Å². The summed E-state index contributed by atoms with van der Waals surface area (Å²) in [5, 5.41) is 15.8. The number of aromatic nitrogens is 1. The van der Waals surface area contributed by atoms with E-state index in [-0.39, 0.29) is 5.75 Å². The number of allylic oxidation sites excluding steroid dienone is 2. The second kappa shape index (κ2) is 20.0. The molecule has 0 saturated heterocycles. The summed E-state index contributed by atoms with van der Waals surface area (Å²) in [7, 11) is -4.07. The van der Waals surface area contributed by atoms with Crippen molar-refractivity contribution in [1.82, 2.24) is 5.32 Å². The van der Waals surface area contributed by atoms with E-state index in [2.05, 4.69) is 90.5 Å². The lowest BCUT2D eigenvalue weighted by molar-refractivity contribution is -0.780. The summed E-state index contributed by atoms with van der Waals surface area (Å²) in [6, 6.07) is 38.5. The van der Waals surface area contributed by atoms with Gasteiger partial charge in [0, 0.05) is 61.8 Å². The van der Waals surface area contributed by atoms with Crippen LogP contribution in [0.2, 0.25) is 0 Å². The maximum atomic E-state index is 12.3. The Morgan fingerprint density at radius 2 is 1.75 bits per heavy atom. The number of ether oxygens (including phenoxy) is 1. The molecule has 0 saturated carbocycles. The first-order valence-corrected chi connectivity index (χ1v) is 24.8. The molecule has 10 nitrogen and oxygen atoms in total. The van der Waals surface area contributed by atoms with E-state index in [0.29, 0.717) is 38.4 Å². The molecule has 326 valence electrons. The third-order valence-electron chi connectivity index (χ3n) is 11.7. The molecule has 0 fully saturated rings. The number of aliphatic carboxylic acids is 1. The molecule has 1 aromatic heterocycles. The van der Waals surface area contributed by atoms with Crippen LogP contribution in [0, 0.1) is 6.92 Å². The normalized spacial score (nSPS) is 17.0. The molecule has 2 atom stereocenters. The zero-order chi connectivity index (χ0) is 43.9. The second-order valence-corrected chi connectivity index (χ2v) is 19.9. The zero-order valence-corrected chi connectivity index (χ0v) is 38.1. The lowest BCUT2D eigenvalue weighted by Crippen LogP contribution is -3.03. The van der Waals surface area contributed by atoms with Gasteiger partial charge in [-0.25, -0.2) is 4.79 Å². The van der Waals surface area contributed by atoms with Gasteiger partial charge in [0.1, 0.15) is 23.2 Å². The Bertz CT molecular complexity index is 2770. The number of fused-ring (bicyclic) bond motifs is 3. The van der Waals surface area contributed by atoms with Gasteiger partial charge in [0.15, 0.2) is 17.3 Å². The molecule has 0 aliphatic carbocycles. The van der Waals surface area contributed by atoms with Gasteiger partial charge in [-0.2, -0.15) is 13.0 Å². The van der Waals surface area contributed by atoms with E-state index in [4.69, 9.17) is 4.74 Å². The Morgan fingerprint density at radius 1 is 0.937 bits per heavy atom. The highest BCUT2D eigenvalue weighted by molar-refractivity contribution is 8.03. The Kier molecular flexibility index (Phi) is 14.1. The maximum absolute atomic E-state index is 12.3. The molecule has 3 heterocycles. The number of carboxylic acids is 1. The molecule has 0 bridgehead atoms. The Hall–Kier alpha value is -5.28. The van der Waals surface area contributed by atoms with Crippen molar-refractivity contribution in [2.45, 2.75) is 70.0 Å². The average molecular weight is 903 g/mol. The molecule has 0 radical (unpaired) electrons. The molecule has 5 aromatic carbocycles. The quantitative estimate of drug-likeness (QED) is 0.0290. The number of nitrogens with one attached hydrogen (secondary N) is 2. The zero-order valence-electron chi connectivity index (χ0n) is 35.6. The van der Waals surface area contributed by atoms with Gasteiger partial charge in [0.25, 0.3) is 15.1 Å². The lowest BCUT2D eigenvalue weighted by atomic mass is 9.93. The van der Waals surface area contributed by atoms with Crippen LogP contribution >= 0.6 is 23.1 Å². The number of hydrogen-bond donors (Lipinski definition) is 4. The van der Waals surface area contributed by atoms with Crippen LogP contribution in [-0.2, 0) is 34.4 Å². The van der Waals surface area contributed by atoms with E-state index in [9.17, 15) is 22.9 Å². The van der Waals surface area contributed by atoms with Crippen molar-refractivity contribution in [2.24, 2.45) is 0 Å². The molecule has 2 aliphatic rings. The largest absolute Gasteiger partial charge is 0.480 e. The fourth-order valence-corrected chi connectivity index (χ4v) is 11.3. The molecular formula is C50H54N4O6S3+2. The van der Waals surface area contributed by atoms with Crippen molar-refractivity contribution < 1.29 is 37.1 Å². The van der Waals surface area contributed by atoms with Crippen LogP contribution < -0.4 is 24.4 Å². The number of quaternary nitrogens is 1. The van der Waals surface area contributed by atoms with E-state index in [1.165, 1.54) is 26.4 Å². The van der Waals surface area contributed by atoms with Crippen LogP contribution in [0.25, 0.3) is 27.4 Å². The van der Waals surface area contributed by atoms with Crippen LogP contribution in [0.1, 0.15) is 54.3 Å². The molecule has 4 N–H and O–H groups in total. The van der Waals surface area contributed by atoms with Gasteiger partial charge in [0.05, 0.1) is 17.2 Å². The van der Waals surface area contributed by atoms with Crippen molar-refractivity contribution >= 4 is 66.9 Å². The smallest absolute Gasteiger partial charge is 0.326 e. The molecule has 0 amide bonds. The fourth-order valence-electron chi connectivity index (χ4n) is 8.40. The third kappa shape index (κ3) is 10.9. The van der Waals surface area contributed by atoms with Crippen molar-refractivity contribution in [3.63, 3.8) is 0 Å². The number of unbranched alkanes of at least 4 members (excludes halogenated alkanes) is 1. The van der Waals surface area contributed by atoms with Gasteiger partial charge < -0.3 is 14.7 Å². The summed E-state index contributed by atoms with van der Waals surface area (Å²) in [6.45, 7) is 7.35. The van der Waals surface area contributed by atoms with Crippen molar-refractivity contribution in [2.75, 3.05) is 30.5 Å². The molecule has 8 rings (SSSR count). The standard InChI is InChI=1S/C50H52N4O6S3/c1-3-36(29-49-53(25-12-26-63(57,58)59)44-30-39(20-22-47(44)62-49)37-13-5-4-6-14-37)28-48-52(43-27-35(2)19-21-46(43)61-48)24-10-9-23-51-34-60-42-18-11-17-41(32-42)54-33-40-16-8-7-15-38(40)31-45(54)50(55)56/h4-8,11,13-22,27-30,32,45,51H,3,9-10,12,23-26,31,33-34H2,1-2H3,(H-,55,56,57,58,59)/p+2. The average Bonchev–Trinajstić information content (AvgIpc) is 3.80. The van der Waals surface area contributed by atoms with Gasteiger partial charge >= 0.3 is 5.97 Å². The first-order chi connectivity index (χ1) is 30.5. The maximum Gasteiger partial charge on any atom is 0.326 e. The van der Waals surface area contributed by atoms with Crippen molar-refractivity contribution in [3.05, 3.63) is 154 Å². The SMILES string of the molecule is CCC(/C=C1\Sc2ccc(-c3ccccc3)cc2[NH+]1CCCS(=O)(=O)O)=C\c1sc2ccc(C)cc2[n+]1CCCCNCOc1cccc(N2Cc3ccccc3CC2C(=O)O)c1. The van der Waals surface area contributed by atoms with Crippen molar-refractivity contribution in [1.29, 1.82) is 0 Å². The predicted molar refractivity (Wildman–Crippen MR) is 254 cm³/mol. The van der Waals surface area contributed by atoms with Gasteiger partial charge in [-0.15, -0.1) is 0 Å². The number of hydrogen-bond acceptors (Lipinski definition) is 8. The number of carbonyl (C=O) groups is 1.